The van der Waals surface area contributed by atoms with E-state index >= 15 is 0 Å². The molecule has 0 spiro atoms. The van der Waals surface area contributed by atoms with Gasteiger partial charge in [0.1, 0.15) is 23.0 Å². The first-order valence-electron chi connectivity index (χ1n) is 20.1. The summed E-state index contributed by atoms with van der Waals surface area (Å²) in [6, 6.07) is 12.2. The Morgan fingerprint density at radius 1 is 0.528 bits per heavy atom. The van der Waals surface area contributed by atoms with Crippen LogP contribution in [0.5, 0.6) is 11.5 Å². The van der Waals surface area contributed by atoms with Gasteiger partial charge in [0.2, 0.25) is 0 Å². The van der Waals surface area contributed by atoms with Crippen LogP contribution < -0.4 is 9.47 Å². The van der Waals surface area contributed by atoms with Crippen LogP contribution in [0.15, 0.2) is 47.9 Å². The molecule has 4 rings (SSSR count). The van der Waals surface area contributed by atoms with Gasteiger partial charge in [-0.2, -0.15) is 0 Å². The monoisotopic (exact) mass is 734 g/mol. The Morgan fingerprint density at radius 2 is 0.906 bits per heavy atom. The van der Waals surface area contributed by atoms with Crippen LogP contribution in [0.25, 0.3) is 11.5 Å². The Kier molecular flexibility index (Phi) is 16.4. The predicted molar refractivity (Wildman–Crippen MR) is 207 cm³/mol. The molecule has 4 unspecified atom stereocenters. The molecule has 2 aliphatic rings. The zero-order chi connectivity index (χ0) is 38.3. The Morgan fingerprint density at radius 3 is 1.25 bits per heavy atom. The molecule has 292 valence electrons. The third-order valence-corrected chi connectivity index (χ3v) is 10.1. The lowest BCUT2D eigenvalue weighted by Crippen LogP contribution is -2.26. The fourth-order valence-electron chi connectivity index (χ4n) is 7.73. The van der Waals surface area contributed by atoms with Gasteiger partial charge < -0.3 is 33.2 Å². The predicted octanol–water partition coefficient (Wildman–Crippen LogP) is 10.3. The molecule has 0 radical (unpaired) electrons. The summed E-state index contributed by atoms with van der Waals surface area (Å²) < 4.78 is 42.2. The third-order valence-electron chi connectivity index (χ3n) is 10.1. The molecular weight excluding hydrogens is 672 g/mol. The van der Waals surface area contributed by atoms with Gasteiger partial charge in [0.25, 0.3) is 0 Å². The molecule has 2 aliphatic carbocycles. The van der Waals surface area contributed by atoms with E-state index in [1.807, 2.05) is 79.7 Å². The minimum absolute atomic E-state index is 0.00756. The molecule has 9 nitrogen and oxygen atoms in total. The molecular formula is C44H62O9. The largest absolute Gasteiger partial charge is 0.494 e. The van der Waals surface area contributed by atoms with Crippen molar-refractivity contribution < 1.29 is 42.7 Å². The number of carbonyl (C=O) groups is 2. The first kappa shape index (κ1) is 41.6. The molecule has 0 fully saturated rings. The van der Waals surface area contributed by atoms with Crippen molar-refractivity contribution in [2.75, 3.05) is 39.6 Å². The van der Waals surface area contributed by atoms with Gasteiger partial charge in [0.15, 0.2) is 11.5 Å². The number of esters is 2. The van der Waals surface area contributed by atoms with Crippen molar-refractivity contribution in [1.29, 1.82) is 0 Å². The molecule has 0 heterocycles. The average molecular weight is 735 g/mol. The molecule has 0 bridgehead atoms. The number of fused-ring (bicyclic) bond motifs is 2. The standard InChI is InChI=1S/C44H62O9/c1-9-29(21-17-25-33-31-23-19-27-35(47-11-3)37(31)41(51-15-7)39(33)49-13-5)43(45)53-44(46)30(10-2)22-18-26-34-32-24-20-28-36(48-12-4)38(32)42(52-16-8)40(34)50-14-6/h19-20,23-24,27-30,33-34H,9-18,21-22,25-26H2,1-8H3. The number of carbonyl (C=O) groups excluding carboxylic acids is 2. The highest BCUT2D eigenvalue weighted by atomic mass is 16.6. The van der Waals surface area contributed by atoms with Gasteiger partial charge in [-0.05, 0) is 103 Å². The highest BCUT2D eigenvalue weighted by Gasteiger charge is 2.38. The lowest BCUT2D eigenvalue weighted by atomic mass is 9.90. The van der Waals surface area contributed by atoms with Gasteiger partial charge in [-0.25, -0.2) is 0 Å². The Bertz CT molecular complexity index is 1460. The first-order valence-corrected chi connectivity index (χ1v) is 20.1. The quantitative estimate of drug-likeness (QED) is 0.0771. The Labute approximate surface area is 317 Å². The van der Waals surface area contributed by atoms with Crippen molar-refractivity contribution in [3.63, 3.8) is 0 Å². The van der Waals surface area contributed by atoms with E-state index in [9.17, 15) is 9.59 Å². The summed E-state index contributed by atoms with van der Waals surface area (Å²) in [6.07, 6.45) is 5.45. The number of rotatable bonds is 24. The van der Waals surface area contributed by atoms with Crippen molar-refractivity contribution >= 4 is 23.5 Å². The van der Waals surface area contributed by atoms with Crippen LogP contribution in [0, 0.1) is 11.8 Å². The molecule has 2 aromatic carbocycles. The maximum atomic E-state index is 13.4. The maximum absolute atomic E-state index is 13.4. The summed E-state index contributed by atoms with van der Waals surface area (Å²) in [7, 11) is 0. The van der Waals surface area contributed by atoms with Crippen LogP contribution in [0.4, 0.5) is 0 Å². The van der Waals surface area contributed by atoms with Gasteiger partial charge in [-0.15, -0.1) is 0 Å². The molecule has 9 heteroatoms. The molecule has 0 amide bonds. The van der Waals surface area contributed by atoms with Crippen molar-refractivity contribution in [2.24, 2.45) is 11.8 Å². The number of allylic oxidation sites excluding steroid dienone is 2. The van der Waals surface area contributed by atoms with E-state index in [0.717, 1.165) is 82.5 Å². The van der Waals surface area contributed by atoms with Gasteiger partial charge in [-0.3, -0.25) is 9.59 Å². The van der Waals surface area contributed by atoms with Gasteiger partial charge in [-0.1, -0.05) is 51.0 Å². The summed E-state index contributed by atoms with van der Waals surface area (Å²) in [5.74, 6) is 3.08. The van der Waals surface area contributed by atoms with Crippen LogP contribution in [-0.4, -0.2) is 51.6 Å². The molecule has 2 aromatic rings. The summed E-state index contributed by atoms with van der Waals surface area (Å²) in [5, 5.41) is 0. The highest BCUT2D eigenvalue weighted by Crippen LogP contribution is 2.50. The summed E-state index contributed by atoms with van der Waals surface area (Å²) >= 11 is 0. The molecule has 53 heavy (non-hydrogen) atoms. The zero-order valence-corrected chi connectivity index (χ0v) is 33.3. The lowest BCUT2D eigenvalue weighted by molar-refractivity contribution is -0.166. The minimum atomic E-state index is -0.437. The smallest absolute Gasteiger partial charge is 0.316 e. The molecule has 0 N–H and O–H groups in total. The molecule has 0 saturated carbocycles. The van der Waals surface area contributed by atoms with Crippen molar-refractivity contribution in [2.45, 2.75) is 119 Å². The maximum Gasteiger partial charge on any atom is 0.316 e. The number of hydrogen-bond acceptors (Lipinski definition) is 9. The van der Waals surface area contributed by atoms with Gasteiger partial charge >= 0.3 is 11.9 Å². The molecule has 0 aliphatic heterocycles. The summed E-state index contributed by atoms with van der Waals surface area (Å²) in [4.78, 5) is 26.8. The lowest BCUT2D eigenvalue weighted by Gasteiger charge is -2.20. The minimum Gasteiger partial charge on any atom is -0.494 e. The van der Waals surface area contributed by atoms with Crippen molar-refractivity contribution in [1.82, 2.24) is 0 Å². The first-order chi connectivity index (χ1) is 25.8. The van der Waals surface area contributed by atoms with E-state index in [0.29, 0.717) is 65.3 Å². The fourth-order valence-corrected chi connectivity index (χ4v) is 7.73. The second-order valence-corrected chi connectivity index (χ2v) is 13.3. The van der Waals surface area contributed by atoms with Crippen LogP contribution >= 0.6 is 0 Å². The Balaban J connectivity index is 1.38. The fraction of sp³-hybridized carbons (Fsp3) is 0.591. The average Bonchev–Trinajstić information content (AvgIpc) is 3.61. The van der Waals surface area contributed by atoms with E-state index in [1.165, 1.54) is 0 Å². The second kappa shape index (κ2) is 20.9. The SMILES string of the molecule is CCOC1=C(OCC)C(CCCC(CC)C(=O)OC(=O)C(CC)CCCC2C(OCC)=C(OCC)c3c(OCC)cccc32)c2cccc(OCC)c21. The van der Waals surface area contributed by atoms with E-state index in [4.69, 9.17) is 33.2 Å². The van der Waals surface area contributed by atoms with Crippen LogP contribution in [0.3, 0.4) is 0 Å². The second-order valence-electron chi connectivity index (χ2n) is 13.3. The number of benzene rings is 2. The van der Waals surface area contributed by atoms with Crippen molar-refractivity contribution in [3.8, 4) is 11.5 Å². The van der Waals surface area contributed by atoms with E-state index in [1.54, 1.807) is 0 Å². The summed E-state index contributed by atoms with van der Waals surface area (Å²) in [5.41, 5.74) is 4.15. The van der Waals surface area contributed by atoms with Gasteiger partial charge in [0.05, 0.1) is 62.6 Å². The molecule has 4 atom stereocenters. The van der Waals surface area contributed by atoms with Crippen molar-refractivity contribution in [3.05, 3.63) is 70.2 Å². The van der Waals surface area contributed by atoms with E-state index in [-0.39, 0.29) is 23.7 Å². The Hall–Kier alpha value is -4.14. The normalized spacial score (nSPS) is 17.2. The topological polar surface area (TPSA) is 98.8 Å². The van der Waals surface area contributed by atoms with E-state index in [2.05, 4.69) is 12.1 Å². The van der Waals surface area contributed by atoms with Gasteiger partial charge in [0, 0.05) is 11.8 Å². The van der Waals surface area contributed by atoms with Crippen LogP contribution in [0.2, 0.25) is 0 Å². The molecule has 0 aromatic heterocycles. The number of ether oxygens (including phenoxy) is 7. The third kappa shape index (κ3) is 9.70. The van der Waals surface area contributed by atoms with Crippen LogP contribution in [-0.2, 0) is 33.3 Å². The van der Waals surface area contributed by atoms with E-state index < -0.39 is 11.9 Å². The summed E-state index contributed by atoms with van der Waals surface area (Å²) in [6.45, 7) is 18.9. The highest BCUT2D eigenvalue weighted by molar-refractivity contribution is 5.88. The molecule has 0 saturated heterocycles. The van der Waals surface area contributed by atoms with Crippen LogP contribution in [0.1, 0.15) is 141 Å². The zero-order valence-electron chi connectivity index (χ0n) is 33.3. The number of hydrogen-bond donors (Lipinski definition) is 0.